The lowest BCUT2D eigenvalue weighted by Gasteiger charge is -2.04. The van der Waals surface area contributed by atoms with Crippen LogP contribution in [0.2, 0.25) is 0 Å². The van der Waals surface area contributed by atoms with E-state index in [1.54, 1.807) is 0 Å². The van der Waals surface area contributed by atoms with Crippen LogP contribution in [0.4, 0.5) is 0 Å². The quantitative estimate of drug-likeness (QED) is 0.595. The van der Waals surface area contributed by atoms with Crippen molar-refractivity contribution in [2.24, 2.45) is 0 Å². The summed E-state index contributed by atoms with van der Waals surface area (Å²) in [4.78, 5) is 0. The second-order valence-electron chi connectivity index (χ2n) is 3.13. The van der Waals surface area contributed by atoms with E-state index in [1.165, 1.54) is 5.56 Å². The first kappa shape index (κ1) is 9.54. The zero-order valence-electron chi connectivity index (χ0n) is 8.26. The predicted molar refractivity (Wildman–Crippen MR) is 55.2 cm³/mol. The molecule has 0 spiro atoms. The average molecular weight is 171 g/mol. The fraction of sp³-hybridized carbons (Fsp3) is 0.250. The maximum atomic E-state index is 8.88. The minimum atomic E-state index is 0.751. The monoisotopic (exact) mass is 171 g/mol. The minimum Gasteiger partial charge on any atom is -0.192 e. The topological polar surface area (TPSA) is 23.8 Å². The smallest absolute Gasteiger partial charge is 0.0994 e. The Hall–Kier alpha value is -1.55. The van der Waals surface area contributed by atoms with E-state index in [9.17, 15) is 0 Å². The summed E-state index contributed by atoms with van der Waals surface area (Å²) in [5, 5.41) is 8.88. The van der Waals surface area contributed by atoms with Gasteiger partial charge in [-0.25, -0.2) is 0 Å². The van der Waals surface area contributed by atoms with E-state index in [1.807, 2.05) is 39.0 Å². The molecule has 0 fully saturated rings. The van der Waals surface area contributed by atoms with Gasteiger partial charge in [0, 0.05) is 0 Å². The van der Waals surface area contributed by atoms with Crippen molar-refractivity contribution < 1.29 is 0 Å². The molecule has 0 saturated carbocycles. The van der Waals surface area contributed by atoms with Gasteiger partial charge in [-0.15, -0.1) is 0 Å². The highest BCUT2D eigenvalue weighted by Crippen LogP contribution is 2.19. The van der Waals surface area contributed by atoms with Crippen molar-refractivity contribution in [3.05, 3.63) is 41.0 Å². The Balaban J connectivity index is 3.30. The van der Waals surface area contributed by atoms with Crippen LogP contribution in [0.5, 0.6) is 0 Å². The minimum absolute atomic E-state index is 0.751. The molecule has 1 heteroatoms. The maximum absolute atomic E-state index is 8.88. The highest BCUT2D eigenvalue weighted by Gasteiger charge is 2.02. The Morgan fingerprint density at radius 1 is 1.38 bits per heavy atom. The van der Waals surface area contributed by atoms with E-state index < -0.39 is 0 Å². The van der Waals surface area contributed by atoms with E-state index in [0.717, 1.165) is 16.7 Å². The van der Waals surface area contributed by atoms with Crippen molar-refractivity contribution in [2.75, 3.05) is 0 Å². The Kier molecular flexibility index (Phi) is 2.87. The lowest BCUT2D eigenvalue weighted by Crippen LogP contribution is -1.87. The molecule has 66 valence electrons. The van der Waals surface area contributed by atoms with E-state index in [2.05, 4.69) is 12.1 Å². The van der Waals surface area contributed by atoms with Crippen LogP contribution in [-0.4, -0.2) is 0 Å². The molecule has 1 aromatic rings. The molecule has 0 amide bonds. The van der Waals surface area contributed by atoms with Crippen molar-refractivity contribution in [1.82, 2.24) is 0 Å². The molecule has 0 radical (unpaired) electrons. The molecular weight excluding hydrogens is 158 g/mol. The number of hydrogen-bond acceptors (Lipinski definition) is 1. The molecule has 0 aliphatic rings. The standard InChI is InChI=1S/C12H13N/c1-4-11(8-13)12-7-9(2)5-6-10(12)3/h4-7H,1-3H3/b11-4-. The normalized spacial score (nSPS) is 11.1. The second-order valence-corrected chi connectivity index (χ2v) is 3.13. The van der Waals surface area contributed by atoms with Gasteiger partial charge >= 0.3 is 0 Å². The number of rotatable bonds is 1. The first-order valence-electron chi connectivity index (χ1n) is 4.33. The van der Waals surface area contributed by atoms with Crippen LogP contribution < -0.4 is 0 Å². The summed E-state index contributed by atoms with van der Waals surface area (Å²) in [5.41, 5.74) is 4.14. The van der Waals surface area contributed by atoms with Crippen molar-refractivity contribution in [3.8, 4) is 6.07 Å². The van der Waals surface area contributed by atoms with Crippen LogP contribution in [0.15, 0.2) is 24.3 Å². The second kappa shape index (κ2) is 3.91. The molecule has 0 heterocycles. The van der Waals surface area contributed by atoms with Crippen molar-refractivity contribution in [3.63, 3.8) is 0 Å². The van der Waals surface area contributed by atoms with Crippen molar-refractivity contribution >= 4 is 5.57 Å². The first-order valence-corrected chi connectivity index (χ1v) is 4.33. The average Bonchev–Trinajstić information content (AvgIpc) is 2.13. The summed E-state index contributed by atoms with van der Waals surface area (Å²) in [5.74, 6) is 0. The zero-order valence-corrected chi connectivity index (χ0v) is 8.26. The van der Waals surface area contributed by atoms with Gasteiger partial charge in [0.05, 0.1) is 11.6 Å². The molecule has 0 bridgehead atoms. The van der Waals surface area contributed by atoms with E-state index in [0.29, 0.717) is 0 Å². The summed E-state index contributed by atoms with van der Waals surface area (Å²) >= 11 is 0. The number of hydrogen-bond donors (Lipinski definition) is 0. The van der Waals surface area contributed by atoms with Crippen LogP contribution in [0.25, 0.3) is 5.57 Å². The molecule has 0 N–H and O–H groups in total. The van der Waals surface area contributed by atoms with Gasteiger partial charge < -0.3 is 0 Å². The summed E-state index contributed by atoms with van der Waals surface area (Å²) in [6.45, 7) is 5.95. The van der Waals surface area contributed by atoms with Gasteiger partial charge in [-0.05, 0) is 31.9 Å². The maximum Gasteiger partial charge on any atom is 0.0994 e. The summed E-state index contributed by atoms with van der Waals surface area (Å²) < 4.78 is 0. The number of aryl methyl sites for hydroxylation is 2. The molecule has 0 aliphatic heterocycles. The van der Waals surface area contributed by atoms with Crippen LogP contribution >= 0.6 is 0 Å². The first-order chi connectivity index (χ1) is 6.19. The van der Waals surface area contributed by atoms with E-state index >= 15 is 0 Å². The fourth-order valence-corrected chi connectivity index (χ4v) is 1.31. The Morgan fingerprint density at radius 3 is 2.62 bits per heavy atom. The Morgan fingerprint density at radius 2 is 2.08 bits per heavy atom. The molecule has 0 aliphatic carbocycles. The van der Waals surface area contributed by atoms with Gasteiger partial charge in [0.25, 0.3) is 0 Å². The molecule has 0 unspecified atom stereocenters. The van der Waals surface area contributed by atoms with Gasteiger partial charge in [-0.2, -0.15) is 5.26 Å². The number of allylic oxidation sites excluding steroid dienone is 2. The van der Waals surface area contributed by atoms with Crippen molar-refractivity contribution in [1.29, 1.82) is 5.26 Å². The lowest BCUT2D eigenvalue weighted by atomic mass is 9.99. The van der Waals surface area contributed by atoms with Gasteiger partial charge in [-0.1, -0.05) is 29.8 Å². The molecule has 0 aromatic heterocycles. The third-order valence-electron chi connectivity index (χ3n) is 2.09. The largest absolute Gasteiger partial charge is 0.192 e. The van der Waals surface area contributed by atoms with Gasteiger partial charge in [0.15, 0.2) is 0 Å². The highest BCUT2D eigenvalue weighted by molar-refractivity contribution is 5.78. The van der Waals surface area contributed by atoms with E-state index in [-0.39, 0.29) is 0 Å². The molecule has 0 saturated heterocycles. The zero-order chi connectivity index (χ0) is 9.84. The molecule has 1 rings (SSSR count). The fourth-order valence-electron chi connectivity index (χ4n) is 1.31. The molecule has 1 aromatic carbocycles. The van der Waals surface area contributed by atoms with Crippen LogP contribution in [-0.2, 0) is 0 Å². The van der Waals surface area contributed by atoms with Crippen LogP contribution in [0, 0.1) is 25.2 Å². The third kappa shape index (κ3) is 1.97. The summed E-state index contributed by atoms with van der Waals surface area (Å²) in [6.07, 6.45) is 1.85. The van der Waals surface area contributed by atoms with Crippen LogP contribution in [0.1, 0.15) is 23.6 Å². The molecular formula is C12H13N. The SMILES string of the molecule is C/C=C(/C#N)c1cc(C)ccc1C. The summed E-state index contributed by atoms with van der Waals surface area (Å²) in [6, 6.07) is 8.35. The number of benzene rings is 1. The molecule has 0 atom stereocenters. The van der Waals surface area contributed by atoms with Gasteiger partial charge in [-0.3, -0.25) is 0 Å². The molecule has 13 heavy (non-hydrogen) atoms. The van der Waals surface area contributed by atoms with E-state index in [4.69, 9.17) is 5.26 Å². The molecule has 1 nitrogen and oxygen atoms in total. The van der Waals surface area contributed by atoms with Crippen LogP contribution in [0.3, 0.4) is 0 Å². The Bertz CT molecular complexity index is 381. The lowest BCUT2D eigenvalue weighted by molar-refractivity contribution is 1.36. The number of nitrogens with zero attached hydrogens (tertiary/aromatic N) is 1. The van der Waals surface area contributed by atoms with Gasteiger partial charge in [0.2, 0.25) is 0 Å². The number of nitriles is 1. The summed E-state index contributed by atoms with van der Waals surface area (Å²) in [7, 11) is 0. The Labute approximate surface area is 79.3 Å². The van der Waals surface area contributed by atoms with Gasteiger partial charge in [0.1, 0.15) is 0 Å². The predicted octanol–water partition coefficient (Wildman–Crippen LogP) is 3.23. The third-order valence-corrected chi connectivity index (χ3v) is 2.09. The highest BCUT2D eigenvalue weighted by atomic mass is 14.2. The van der Waals surface area contributed by atoms with Crippen molar-refractivity contribution in [2.45, 2.75) is 20.8 Å².